The number of piperidine rings is 1. The summed E-state index contributed by atoms with van der Waals surface area (Å²) in [6, 6.07) is 1.50. The van der Waals surface area contributed by atoms with Crippen LogP contribution in [-0.4, -0.2) is 17.1 Å². The van der Waals surface area contributed by atoms with Gasteiger partial charge in [-0.15, -0.1) is 11.3 Å². The Balaban J connectivity index is 1.80. The lowest BCUT2D eigenvalue weighted by Gasteiger charge is -2.23. The molecule has 1 aromatic heterocycles. The summed E-state index contributed by atoms with van der Waals surface area (Å²) < 4.78 is 0. The number of nitrogens with one attached hydrogen (secondary N) is 1. The molecular formula is C11H14N2S. The van der Waals surface area contributed by atoms with E-state index in [4.69, 9.17) is 0 Å². The van der Waals surface area contributed by atoms with Gasteiger partial charge in [0.25, 0.3) is 0 Å². The molecule has 2 aliphatic rings. The molecule has 0 saturated carbocycles. The molecule has 0 radical (unpaired) electrons. The van der Waals surface area contributed by atoms with Gasteiger partial charge in [0.15, 0.2) is 0 Å². The van der Waals surface area contributed by atoms with E-state index < -0.39 is 0 Å². The zero-order chi connectivity index (χ0) is 9.38. The monoisotopic (exact) mass is 206 g/mol. The van der Waals surface area contributed by atoms with Crippen molar-refractivity contribution in [2.75, 3.05) is 0 Å². The lowest BCUT2D eigenvalue weighted by Crippen LogP contribution is -2.34. The van der Waals surface area contributed by atoms with Gasteiger partial charge in [0.05, 0.1) is 0 Å². The molecule has 0 aromatic carbocycles. The summed E-state index contributed by atoms with van der Waals surface area (Å²) in [5.41, 5.74) is 1.59. The van der Waals surface area contributed by atoms with Crippen molar-refractivity contribution in [3.05, 3.63) is 22.2 Å². The molecule has 1 N–H and O–H groups in total. The number of rotatable bonds is 1. The molecule has 3 rings (SSSR count). The Morgan fingerprint density at radius 1 is 1.36 bits per heavy atom. The summed E-state index contributed by atoms with van der Waals surface area (Å²) in [4.78, 5) is 4.30. The maximum absolute atomic E-state index is 4.30. The maximum Gasteiger partial charge on any atom is 0.115 e. The van der Waals surface area contributed by atoms with Crippen LogP contribution in [0.5, 0.6) is 0 Å². The highest BCUT2D eigenvalue weighted by Crippen LogP contribution is 2.31. The largest absolute Gasteiger partial charge is 0.311 e. The van der Waals surface area contributed by atoms with E-state index in [-0.39, 0.29) is 0 Å². The van der Waals surface area contributed by atoms with Crippen LogP contribution in [0, 0.1) is 0 Å². The molecular weight excluding hydrogens is 192 g/mol. The number of nitrogens with zero attached hydrogens (tertiary/aromatic N) is 1. The normalized spacial score (nSPS) is 30.7. The van der Waals surface area contributed by atoms with E-state index in [2.05, 4.69) is 16.4 Å². The van der Waals surface area contributed by atoms with Gasteiger partial charge in [-0.1, -0.05) is 5.57 Å². The molecule has 2 aliphatic heterocycles. The SMILES string of the molecule is C(=C1CC2CCC(C1)N2)c1nccs1. The Kier molecular flexibility index (Phi) is 2.14. The fourth-order valence-electron chi connectivity index (χ4n) is 2.54. The standard InChI is InChI=1S/C11H14N2S/c1-2-10-6-8(5-9(1)13-10)7-11-12-3-4-14-11/h3-4,7,9-10,13H,1-2,5-6H2. The van der Waals surface area contributed by atoms with E-state index in [9.17, 15) is 0 Å². The van der Waals surface area contributed by atoms with Gasteiger partial charge in [-0.2, -0.15) is 0 Å². The average Bonchev–Trinajstić information content (AvgIpc) is 2.77. The molecule has 14 heavy (non-hydrogen) atoms. The molecule has 2 atom stereocenters. The Morgan fingerprint density at radius 2 is 2.14 bits per heavy atom. The lowest BCUT2D eigenvalue weighted by molar-refractivity contribution is 0.476. The Labute approximate surface area is 88.1 Å². The molecule has 3 heteroatoms. The summed E-state index contributed by atoms with van der Waals surface area (Å²) in [6.07, 6.45) is 9.36. The van der Waals surface area contributed by atoms with Crippen molar-refractivity contribution in [1.29, 1.82) is 0 Å². The molecule has 2 bridgehead atoms. The smallest absolute Gasteiger partial charge is 0.115 e. The summed E-state index contributed by atoms with van der Waals surface area (Å²) in [5.74, 6) is 0. The van der Waals surface area contributed by atoms with E-state index in [1.165, 1.54) is 30.7 Å². The number of aromatic nitrogens is 1. The van der Waals surface area contributed by atoms with Crippen LogP contribution < -0.4 is 5.32 Å². The Hall–Kier alpha value is -0.670. The van der Waals surface area contributed by atoms with Crippen molar-refractivity contribution >= 4 is 17.4 Å². The average molecular weight is 206 g/mol. The topological polar surface area (TPSA) is 24.9 Å². The van der Waals surface area contributed by atoms with E-state index in [1.807, 2.05) is 11.6 Å². The van der Waals surface area contributed by atoms with Crippen molar-refractivity contribution in [2.45, 2.75) is 37.8 Å². The van der Waals surface area contributed by atoms with E-state index >= 15 is 0 Å². The minimum atomic E-state index is 0.750. The third kappa shape index (κ3) is 1.62. The molecule has 74 valence electrons. The van der Waals surface area contributed by atoms with E-state index in [0.29, 0.717) is 0 Å². The van der Waals surface area contributed by atoms with Gasteiger partial charge < -0.3 is 5.32 Å². The minimum absolute atomic E-state index is 0.750. The Morgan fingerprint density at radius 3 is 2.79 bits per heavy atom. The molecule has 0 spiro atoms. The molecule has 3 heterocycles. The Bertz CT molecular complexity index is 328. The van der Waals surface area contributed by atoms with Crippen LogP contribution in [0.15, 0.2) is 17.2 Å². The highest BCUT2D eigenvalue weighted by atomic mass is 32.1. The number of thiazole rings is 1. The molecule has 1 aromatic rings. The van der Waals surface area contributed by atoms with Gasteiger partial charge in [-0.05, 0) is 31.8 Å². The van der Waals surface area contributed by atoms with Gasteiger partial charge >= 0.3 is 0 Å². The fourth-order valence-corrected chi connectivity index (χ4v) is 3.16. The summed E-state index contributed by atoms with van der Waals surface area (Å²) in [7, 11) is 0. The van der Waals surface area contributed by atoms with Crippen LogP contribution in [0.1, 0.15) is 30.7 Å². The third-order valence-corrected chi connectivity index (χ3v) is 3.85. The number of fused-ring (bicyclic) bond motifs is 2. The molecule has 0 aliphatic carbocycles. The van der Waals surface area contributed by atoms with Crippen molar-refractivity contribution < 1.29 is 0 Å². The third-order valence-electron chi connectivity index (χ3n) is 3.13. The van der Waals surface area contributed by atoms with E-state index in [1.54, 1.807) is 16.9 Å². The predicted molar refractivity (Wildman–Crippen MR) is 59.3 cm³/mol. The van der Waals surface area contributed by atoms with Crippen molar-refractivity contribution in [2.24, 2.45) is 0 Å². The summed E-state index contributed by atoms with van der Waals surface area (Å²) in [5, 5.41) is 6.85. The fraction of sp³-hybridized carbons (Fsp3) is 0.545. The number of hydrogen-bond acceptors (Lipinski definition) is 3. The quantitative estimate of drug-likeness (QED) is 0.763. The minimum Gasteiger partial charge on any atom is -0.311 e. The zero-order valence-corrected chi connectivity index (χ0v) is 8.89. The highest BCUT2D eigenvalue weighted by molar-refractivity contribution is 7.10. The molecule has 2 saturated heterocycles. The molecule has 2 fully saturated rings. The van der Waals surface area contributed by atoms with E-state index in [0.717, 1.165) is 12.1 Å². The van der Waals surface area contributed by atoms with Crippen molar-refractivity contribution in [3.8, 4) is 0 Å². The molecule has 0 amide bonds. The first kappa shape index (κ1) is 8.62. The first-order valence-electron chi connectivity index (χ1n) is 5.25. The summed E-state index contributed by atoms with van der Waals surface area (Å²) in [6.45, 7) is 0. The van der Waals surface area contributed by atoms with Crippen molar-refractivity contribution in [3.63, 3.8) is 0 Å². The van der Waals surface area contributed by atoms with Gasteiger partial charge in [-0.25, -0.2) is 4.98 Å². The van der Waals surface area contributed by atoms with Crippen LogP contribution in [0.3, 0.4) is 0 Å². The predicted octanol–water partition coefficient (Wildman–Crippen LogP) is 2.44. The van der Waals surface area contributed by atoms with Crippen LogP contribution in [0.25, 0.3) is 6.08 Å². The maximum atomic E-state index is 4.30. The van der Waals surface area contributed by atoms with Gasteiger partial charge in [0.1, 0.15) is 5.01 Å². The van der Waals surface area contributed by atoms with Gasteiger partial charge in [0.2, 0.25) is 0 Å². The van der Waals surface area contributed by atoms with Crippen LogP contribution in [0.2, 0.25) is 0 Å². The second-order valence-electron chi connectivity index (χ2n) is 4.22. The van der Waals surface area contributed by atoms with Crippen LogP contribution in [-0.2, 0) is 0 Å². The molecule has 2 unspecified atom stereocenters. The van der Waals surface area contributed by atoms with Crippen molar-refractivity contribution in [1.82, 2.24) is 10.3 Å². The van der Waals surface area contributed by atoms with Crippen LogP contribution in [0.4, 0.5) is 0 Å². The summed E-state index contributed by atoms with van der Waals surface area (Å²) >= 11 is 1.73. The second kappa shape index (κ2) is 3.48. The van der Waals surface area contributed by atoms with Gasteiger partial charge in [0, 0.05) is 23.7 Å². The lowest BCUT2D eigenvalue weighted by atomic mass is 9.99. The number of hydrogen-bond donors (Lipinski definition) is 1. The molecule has 2 nitrogen and oxygen atoms in total. The highest BCUT2D eigenvalue weighted by Gasteiger charge is 2.29. The van der Waals surface area contributed by atoms with Gasteiger partial charge in [-0.3, -0.25) is 0 Å². The first-order chi connectivity index (χ1) is 6.90. The second-order valence-corrected chi connectivity index (χ2v) is 5.15. The van der Waals surface area contributed by atoms with Crippen LogP contribution >= 0.6 is 11.3 Å². The zero-order valence-electron chi connectivity index (χ0n) is 8.07. The first-order valence-corrected chi connectivity index (χ1v) is 6.13.